The molecule has 5 nitrogen and oxygen atoms in total. The first-order chi connectivity index (χ1) is 14.1. The van der Waals surface area contributed by atoms with Gasteiger partial charge in [-0.15, -0.1) is 11.3 Å². The van der Waals surface area contributed by atoms with Crippen LogP contribution in [0.25, 0.3) is 22.0 Å². The van der Waals surface area contributed by atoms with Crippen molar-refractivity contribution in [3.63, 3.8) is 0 Å². The maximum atomic E-state index is 12.8. The number of hydrogen-bond donors (Lipinski definition) is 2. The lowest BCUT2D eigenvalue weighted by Gasteiger charge is -2.09. The minimum atomic E-state index is -0.260. The van der Waals surface area contributed by atoms with Crippen molar-refractivity contribution < 1.29 is 9.59 Å². The van der Waals surface area contributed by atoms with Crippen molar-refractivity contribution >= 4 is 38.9 Å². The average Bonchev–Trinajstić information content (AvgIpc) is 3.33. The second-order valence-electron chi connectivity index (χ2n) is 7.31. The van der Waals surface area contributed by atoms with E-state index in [0.717, 1.165) is 40.7 Å². The Balaban J connectivity index is 1.40. The maximum Gasteiger partial charge on any atom is 0.274 e. The van der Waals surface area contributed by atoms with Gasteiger partial charge in [-0.05, 0) is 42.2 Å². The molecule has 0 atom stereocenters. The van der Waals surface area contributed by atoms with Gasteiger partial charge in [-0.1, -0.05) is 36.4 Å². The molecule has 1 aliphatic carbocycles. The largest absolute Gasteiger partial charge is 0.354 e. The van der Waals surface area contributed by atoms with Crippen LogP contribution in [0.5, 0.6) is 0 Å². The minimum absolute atomic E-state index is 0.117. The van der Waals surface area contributed by atoms with Crippen LogP contribution in [0.3, 0.4) is 0 Å². The Hall–Kier alpha value is -3.25. The molecule has 5 rings (SSSR count). The molecule has 0 bridgehead atoms. The zero-order valence-corrected chi connectivity index (χ0v) is 16.7. The Labute approximate surface area is 171 Å². The number of anilines is 1. The molecule has 0 spiro atoms. The third kappa shape index (κ3) is 3.15. The first-order valence-corrected chi connectivity index (χ1v) is 10.5. The Morgan fingerprint density at radius 2 is 1.97 bits per heavy atom. The topological polar surface area (TPSA) is 74.8 Å². The van der Waals surface area contributed by atoms with Crippen molar-refractivity contribution in [3.8, 4) is 11.3 Å². The van der Waals surface area contributed by atoms with Crippen LogP contribution in [0.4, 0.5) is 5.13 Å². The number of benzene rings is 2. The fraction of sp³-hybridized carbons (Fsp3) is 0.174. The summed E-state index contributed by atoms with van der Waals surface area (Å²) in [6.07, 6.45) is 2.18. The molecule has 0 saturated carbocycles. The SMILES string of the molecule is Cc1c(C(=O)Nc2nc(-c3ccc4ccccc4c3)cs2)[nH]c2c1C(=O)CCC2. The molecule has 6 heteroatoms. The highest BCUT2D eigenvalue weighted by atomic mass is 32.1. The van der Waals surface area contributed by atoms with Crippen LogP contribution in [-0.4, -0.2) is 21.7 Å². The standard InChI is InChI=1S/C23H19N3O2S/c1-13-20-17(7-4-8-19(20)27)24-21(13)22(28)26-23-25-18(12-29-23)16-10-9-14-5-2-3-6-15(14)11-16/h2-3,5-6,9-12,24H,4,7-8H2,1H3,(H,25,26,28). The van der Waals surface area contributed by atoms with Crippen LogP contribution in [0.2, 0.25) is 0 Å². The van der Waals surface area contributed by atoms with Crippen LogP contribution in [0, 0.1) is 6.92 Å². The van der Waals surface area contributed by atoms with E-state index < -0.39 is 0 Å². The van der Waals surface area contributed by atoms with Crippen LogP contribution in [0.15, 0.2) is 47.8 Å². The highest BCUT2D eigenvalue weighted by Crippen LogP contribution is 2.30. The molecule has 2 N–H and O–H groups in total. The predicted octanol–water partition coefficient (Wildman–Crippen LogP) is 5.37. The van der Waals surface area contributed by atoms with E-state index in [0.29, 0.717) is 22.8 Å². The number of rotatable bonds is 3. The monoisotopic (exact) mass is 401 g/mol. The summed E-state index contributed by atoms with van der Waals surface area (Å²) in [5.41, 5.74) is 4.59. The summed E-state index contributed by atoms with van der Waals surface area (Å²) in [5, 5.41) is 7.69. The van der Waals surface area contributed by atoms with Crippen molar-refractivity contribution in [3.05, 3.63) is 70.4 Å². The van der Waals surface area contributed by atoms with Gasteiger partial charge in [-0.25, -0.2) is 4.98 Å². The number of ketones is 1. The van der Waals surface area contributed by atoms with E-state index >= 15 is 0 Å². The van der Waals surface area contributed by atoms with E-state index in [1.807, 2.05) is 30.5 Å². The Kier molecular flexibility index (Phi) is 4.28. The van der Waals surface area contributed by atoms with E-state index in [1.54, 1.807) is 0 Å². The minimum Gasteiger partial charge on any atom is -0.354 e. The van der Waals surface area contributed by atoms with Gasteiger partial charge in [0.2, 0.25) is 0 Å². The Bertz CT molecular complexity index is 1270. The summed E-state index contributed by atoms with van der Waals surface area (Å²) >= 11 is 1.39. The van der Waals surface area contributed by atoms with Gasteiger partial charge in [-0.3, -0.25) is 14.9 Å². The molecule has 0 radical (unpaired) electrons. The summed E-state index contributed by atoms with van der Waals surface area (Å²) in [6.45, 7) is 1.83. The number of hydrogen-bond acceptors (Lipinski definition) is 4. The molecule has 1 aliphatic rings. The molecule has 0 unspecified atom stereocenters. The van der Waals surface area contributed by atoms with Gasteiger partial charge in [0.25, 0.3) is 5.91 Å². The van der Waals surface area contributed by atoms with Gasteiger partial charge >= 0.3 is 0 Å². The lowest BCUT2D eigenvalue weighted by atomic mass is 9.94. The number of aromatic amines is 1. The van der Waals surface area contributed by atoms with E-state index in [-0.39, 0.29) is 11.7 Å². The molecule has 2 heterocycles. The summed E-state index contributed by atoms with van der Waals surface area (Å²) in [5.74, 6) is -0.143. The number of aromatic nitrogens is 2. The van der Waals surface area contributed by atoms with Crippen molar-refractivity contribution in [1.29, 1.82) is 0 Å². The van der Waals surface area contributed by atoms with Gasteiger partial charge < -0.3 is 4.98 Å². The number of aryl methyl sites for hydroxylation is 1. The van der Waals surface area contributed by atoms with Crippen molar-refractivity contribution in [1.82, 2.24) is 9.97 Å². The van der Waals surface area contributed by atoms with E-state index in [1.165, 1.54) is 16.7 Å². The quantitative estimate of drug-likeness (QED) is 0.484. The molecule has 0 aliphatic heterocycles. The van der Waals surface area contributed by atoms with E-state index in [2.05, 4.69) is 39.6 Å². The number of amides is 1. The Morgan fingerprint density at radius 3 is 2.79 bits per heavy atom. The number of carbonyl (C=O) groups is 2. The van der Waals surface area contributed by atoms with Crippen molar-refractivity contribution in [2.75, 3.05) is 5.32 Å². The normalized spacial score (nSPS) is 13.5. The van der Waals surface area contributed by atoms with E-state index in [4.69, 9.17) is 0 Å². The fourth-order valence-corrected chi connectivity index (χ4v) is 4.69. The van der Waals surface area contributed by atoms with Crippen molar-refractivity contribution in [2.45, 2.75) is 26.2 Å². The van der Waals surface area contributed by atoms with Gasteiger partial charge in [0, 0.05) is 28.6 Å². The zero-order valence-electron chi connectivity index (χ0n) is 15.9. The van der Waals surface area contributed by atoms with Gasteiger partial charge in [0.1, 0.15) is 5.69 Å². The molecule has 4 aromatic rings. The number of thiazole rings is 1. The summed E-state index contributed by atoms with van der Waals surface area (Å²) < 4.78 is 0. The van der Waals surface area contributed by atoms with Crippen LogP contribution in [0.1, 0.15) is 44.9 Å². The first kappa shape index (κ1) is 17.8. The molecule has 144 valence electrons. The highest BCUT2D eigenvalue weighted by molar-refractivity contribution is 7.14. The molecule has 2 aromatic heterocycles. The lowest BCUT2D eigenvalue weighted by molar-refractivity contribution is 0.0971. The molecule has 2 aromatic carbocycles. The third-order valence-corrected chi connectivity index (χ3v) is 6.19. The van der Waals surface area contributed by atoms with Gasteiger partial charge in [0.05, 0.1) is 5.69 Å². The second kappa shape index (κ2) is 6.97. The molecular weight excluding hydrogens is 382 g/mol. The number of carbonyl (C=O) groups excluding carboxylic acids is 2. The highest BCUT2D eigenvalue weighted by Gasteiger charge is 2.26. The smallest absolute Gasteiger partial charge is 0.274 e. The summed E-state index contributed by atoms with van der Waals surface area (Å²) in [7, 11) is 0. The molecule has 0 fully saturated rings. The fourth-order valence-electron chi connectivity index (χ4n) is 3.97. The average molecular weight is 401 g/mol. The zero-order chi connectivity index (χ0) is 20.0. The number of H-pyrrole nitrogens is 1. The number of nitrogens with zero attached hydrogens (tertiary/aromatic N) is 1. The number of nitrogens with one attached hydrogen (secondary N) is 2. The molecule has 29 heavy (non-hydrogen) atoms. The summed E-state index contributed by atoms with van der Waals surface area (Å²) in [6, 6.07) is 14.4. The Morgan fingerprint density at radius 1 is 1.14 bits per heavy atom. The van der Waals surface area contributed by atoms with Crippen LogP contribution >= 0.6 is 11.3 Å². The number of Topliss-reactive ketones (excluding diaryl/α,β-unsaturated/α-hetero) is 1. The summed E-state index contributed by atoms with van der Waals surface area (Å²) in [4.78, 5) is 32.7. The molecular formula is C23H19N3O2S. The third-order valence-electron chi connectivity index (χ3n) is 5.43. The van der Waals surface area contributed by atoms with Crippen LogP contribution < -0.4 is 5.32 Å². The lowest BCUT2D eigenvalue weighted by Crippen LogP contribution is -2.13. The molecule has 0 saturated heterocycles. The van der Waals surface area contributed by atoms with Gasteiger partial charge in [-0.2, -0.15) is 0 Å². The van der Waals surface area contributed by atoms with Crippen molar-refractivity contribution in [2.24, 2.45) is 0 Å². The molecule has 1 amide bonds. The van der Waals surface area contributed by atoms with E-state index in [9.17, 15) is 9.59 Å². The van der Waals surface area contributed by atoms with Crippen LogP contribution in [-0.2, 0) is 6.42 Å². The van der Waals surface area contributed by atoms with Gasteiger partial charge in [0.15, 0.2) is 10.9 Å². The first-order valence-electron chi connectivity index (χ1n) is 9.61. The maximum absolute atomic E-state index is 12.8. The second-order valence-corrected chi connectivity index (χ2v) is 8.17. The number of fused-ring (bicyclic) bond motifs is 2. The predicted molar refractivity (Wildman–Crippen MR) is 116 cm³/mol.